The van der Waals surface area contributed by atoms with E-state index in [4.69, 9.17) is 17.7 Å². The van der Waals surface area contributed by atoms with Crippen LogP contribution in [0.3, 0.4) is 0 Å². The van der Waals surface area contributed by atoms with Crippen LogP contribution in [0.25, 0.3) is 0 Å². The van der Waals surface area contributed by atoms with Crippen LogP contribution in [-0.2, 0) is 17.7 Å². The van der Waals surface area contributed by atoms with Gasteiger partial charge in [-0.2, -0.15) is 0 Å². The van der Waals surface area contributed by atoms with Crippen LogP contribution >= 0.6 is 0 Å². The lowest BCUT2D eigenvalue weighted by Gasteiger charge is -2.33. The Hall–Kier alpha value is 0.274. The Kier molecular flexibility index (Phi) is 7.88. The van der Waals surface area contributed by atoms with Gasteiger partial charge in [0, 0.05) is 26.4 Å². The van der Waals surface area contributed by atoms with Gasteiger partial charge in [0.2, 0.25) is 0 Å². The molecule has 4 nitrogen and oxygen atoms in total. The van der Waals surface area contributed by atoms with Gasteiger partial charge >= 0.3 is 17.1 Å². The highest BCUT2D eigenvalue weighted by Gasteiger charge is 2.39. The summed E-state index contributed by atoms with van der Waals surface area (Å²) in [4.78, 5) is 0. The minimum absolute atomic E-state index is 0.193. The topological polar surface area (TPSA) is 36.9 Å². The molecule has 0 atom stereocenters. The van der Waals surface area contributed by atoms with E-state index in [1.54, 1.807) is 14.2 Å². The van der Waals surface area contributed by atoms with Crippen molar-refractivity contribution in [2.24, 2.45) is 0 Å². The maximum Gasteiger partial charge on any atom is 0.335 e. The van der Waals surface area contributed by atoms with Crippen LogP contribution in [0.15, 0.2) is 0 Å². The molecule has 0 saturated carbocycles. The minimum Gasteiger partial charge on any atom is -0.398 e. The molecule has 0 N–H and O–H groups in total. The summed E-state index contributed by atoms with van der Waals surface area (Å²) in [5.74, 6) is 0. The van der Waals surface area contributed by atoms with Gasteiger partial charge in [-0.15, -0.1) is 0 Å². The molecule has 0 rings (SSSR count). The van der Waals surface area contributed by atoms with E-state index < -0.39 is 17.1 Å². The quantitative estimate of drug-likeness (QED) is 0.612. The molecule has 0 heterocycles. The Morgan fingerprint density at radius 2 is 1.06 bits per heavy atom. The molecule has 0 saturated heterocycles. The van der Waals surface area contributed by atoms with Crippen molar-refractivity contribution in [1.29, 1.82) is 0 Å². The maximum absolute atomic E-state index is 6.06. The molecule has 18 heavy (non-hydrogen) atoms. The Labute approximate surface area is 114 Å². The van der Waals surface area contributed by atoms with E-state index in [2.05, 4.69) is 40.8 Å². The van der Waals surface area contributed by atoms with Crippen LogP contribution in [0.5, 0.6) is 0 Å². The molecule has 0 bridgehead atoms. The zero-order valence-corrected chi connectivity index (χ0v) is 15.2. The van der Waals surface area contributed by atoms with E-state index in [1.165, 1.54) is 0 Å². The number of hydrogen-bond acceptors (Lipinski definition) is 4. The van der Waals surface area contributed by atoms with Crippen molar-refractivity contribution < 1.29 is 17.7 Å². The summed E-state index contributed by atoms with van der Waals surface area (Å²) in [5, 5.41) is 0. The first-order chi connectivity index (χ1) is 8.16. The summed E-state index contributed by atoms with van der Waals surface area (Å²) >= 11 is 0. The molecule has 0 unspecified atom stereocenters. The third kappa shape index (κ3) is 7.01. The molecular weight excluding hydrogens is 264 g/mol. The van der Waals surface area contributed by atoms with Crippen LogP contribution in [-0.4, -0.2) is 43.5 Å². The number of rotatable bonds is 9. The lowest BCUT2D eigenvalue weighted by atomic mass is 10.5. The van der Waals surface area contributed by atoms with Crippen LogP contribution < -0.4 is 0 Å². The number of hydrogen-bond donors (Lipinski definition) is 0. The normalized spacial score (nSPS) is 13.7. The van der Waals surface area contributed by atoms with E-state index in [0.717, 1.165) is 12.1 Å². The summed E-state index contributed by atoms with van der Waals surface area (Å²) in [6, 6.07) is 1.82. The Morgan fingerprint density at radius 3 is 1.33 bits per heavy atom. The van der Waals surface area contributed by atoms with Gasteiger partial charge in [0.15, 0.2) is 0 Å². The van der Waals surface area contributed by atoms with Crippen molar-refractivity contribution in [3.8, 4) is 0 Å². The summed E-state index contributed by atoms with van der Waals surface area (Å²) < 4.78 is 23.2. The average molecular weight is 295 g/mol. The minimum atomic E-state index is -2.14. The van der Waals surface area contributed by atoms with Gasteiger partial charge in [-0.1, -0.05) is 0 Å². The molecule has 0 aromatic rings. The Balaban J connectivity index is 4.59. The second kappa shape index (κ2) is 7.76. The van der Waals surface area contributed by atoms with Gasteiger partial charge < -0.3 is 17.7 Å². The predicted octanol–water partition coefficient (Wildman–Crippen LogP) is 3.27. The summed E-state index contributed by atoms with van der Waals surface area (Å²) in [6.45, 7) is 12.4. The zero-order valence-electron chi connectivity index (χ0n) is 13.2. The highest BCUT2D eigenvalue weighted by Crippen LogP contribution is 2.25. The standard InChI is InChI=1S/C12H30O4Si2/c1-11(2)15-18(8,16-12(3)4)10-9-17(7,13-5)14-6/h11-12H,9-10H2,1-8H3. The molecule has 0 aliphatic heterocycles. The van der Waals surface area contributed by atoms with Crippen LogP contribution in [0.2, 0.25) is 25.2 Å². The van der Waals surface area contributed by atoms with Gasteiger partial charge in [-0.25, -0.2) is 0 Å². The smallest absolute Gasteiger partial charge is 0.335 e. The predicted molar refractivity (Wildman–Crippen MR) is 79.3 cm³/mol. The van der Waals surface area contributed by atoms with Gasteiger partial charge in [0.1, 0.15) is 0 Å². The lowest BCUT2D eigenvalue weighted by molar-refractivity contribution is 0.109. The third-order valence-electron chi connectivity index (χ3n) is 2.87. The summed E-state index contributed by atoms with van der Waals surface area (Å²) in [6.07, 6.45) is 0.386. The van der Waals surface area contributed by atoms with Gasteiger partial charge in [-0.05, 0) is 52.9 Å². The highest BCUT2D eigenvalue weighted by molar-refractivity contribution is 6.71. The van der Waals surface area contributed by atoms with Crippen molar-refractivity contribution in [2.75, 3.05) is 14.2 Å². The SMILES string of the molecule is CO[Si](C)(CC[Si](C)(OC(C)C)OC(C)C)OC. The molecule has 0 aromatic heterocycles. The van der Waals surface area contributed by atoms with Crippen LogP contribution in [0.4, 0.5) is 0 Å². The Morgan fingerprint density at radius 1 is 0.722 bits per heavy atom. The van der Waals surface area contributed by atoms with Crippen molar-refractivity contribution in [2.45, 2.75) is 65.1 Å². The third-order valence-corrected chi connectivity index (χ3v) is 9.35. The molecule has 0 amide bonds. The molecular formula is C12H30O4Si2. The first-order valence-electron chi connectivity index (χ1n) is 6.62. The maximum atomic E-state index is 6.06. The van der Waals surface area contributed by atoms with Gasteiger partial charge in [0.05, 0.1) is 0 Å². The highest BCUT2D eigenvalue weighted by atomic mass is 28.4. The van der Waals surface area contributed by atoms with E-state index in [9.17, 15) is 0 Å². The molecule has 0 spiro atoms. The first-order valence-corrected chi connectivity index (χ1v) is 11.7. The molecule has 0 aliphatic rings. The fraction of sp³-hybridized carbons (Fsp3) is 1.00. The first kappa shape index (κ1) is 18.3. The monoisotopic (exact) mass is 294 g/mol. The summed E-state index contributed by atoms with van der Waals surface area (Å²) in [7, 11) is -0.731. The van der Waals surface area contributed by atoms with Crippen LogP contribution in [0, 0.1) is 0 Å². The Bertz CT molecular complexity index is 220. The molecule has 6 heteroatoms. The largest absolute Gasteiger partial charge is 0.398 e. The molecule has 0 aromatic carbocycles. The van der Waals surface area contributed by atoms with E-state index in [1.807, 2.05) is 0 Å². The molecule has 110 valence electrons. The lowest BCUT2D eigenvalue weighted by Crippen LogP contribution is -2.46. The zero-order chi connectivity index (χ0) is 14.4. The van der Waals surface area contributed by atoms with E-state index in [0.29, 0.717) is 0 Å². The second-order valence-corrected chi connectivity index (χ2v) is 12.3. The second-order valence-electron chi connectivity index (χ2n) is 5.51. The van der Waals surface area contributed by atoms with E-state index in [-0.39, 0.29) is 12.2 Å². The van der Waals surface area contributed by atoms with Crippen molar-refractivity contribution in [3.63, 3.8) is 0 Å². The van der Waals surface area contributed by atoms with Crippen molar-refractivity contribution in [3.05, 3.63) is 0 Å². The molecule has 0 radical (unpaired) electrons. The van der Waals surface area contributed by atoms with Crippen LogP contribution in [0.1, 0.15) is 27.7 Å². The molecule has 0 fully saturated rings. The average Bonchev–Trinajstić information content (AvgIpc) is 2.24. The molecule has 0 aliphatic carbocycles. The fourth-order valence-electron chi connectivity index (χ4n) is 1.88. The van der Waals surface area contributed by atoms with E-state index >= 15 is 0 Å². The fourth-order valence-corrected chi connectivity index (χ4v) is 8.38. The summed E-state index contributed by atoms with van der Waals surface area (Å²) in [5.41, 5.74) is 0. The van der Waals surface area contributed by atoms with Gasteiger partial charge in [0.25, 0.3) is 0 Å². The van der Waals surface area contributed by atoms with Crippen molar-refractivity contribution in [1.82, 2.24) is 0 Å². The van der Waals surface area contributed by atoms with Crippen molar-refractivity contribution >= 4 is 17.1 Å². The van der Waals surface area contributed by atoms with Gasteiger partial charge in [-0.3, -0.25) is 0 Å².